The largest absolute Gasteiger partial charge is 0.392 e. The Kier molecular flexibility index (Phi) is 5.96. The number of nitrogens with zero attached hydrogens (tertiary/aromatic N) is 1. The van der Waals surface area contributed by atoms with Gasteiger partial charge in [0.15, 0.2) is 5.03 Å². The van der Waals surface area contributed by atoms with Crippen LogP contribution >= 0.6 is 11.8 Å². The zero-order valence-electron chi connectivity index (χ0n) is 9.64. The van der Waals surface area contributed by atoms with Crippen LogP contribution in [0.15, 0.2) is 11.2 Å². The Morgan fingerprint density at radius 2 is 2.29 bits per heavy atom. The molecule has 6 nitrogen and oxygen atoms in total. The maximum Gasteiger partial charge on any atom is 0.257 e. The van der Waals surface area contributed by atoms with Crippen molar-refractivity contribution in [2.45, 2.75) is 24.5 Å². The van der Waals surface area contributed by atoms with Crippen LogP contribution in [0.5, 0.6) is 0 Å². The number of rotatable bonds is 8. The van der Waals surface area contributed by atoms with E-state index in [1.807, 2.05) is 6.26 Å². The lowest BCUT2D eigenvalue weighted by Gasteiger charge is -2.05. The highest BCUT2D eigenvalue weighted by molar-refractivity contribution is 7.98. The molecule has 8 heteroatoms. The first-order valence-electron chi connectivity index (χ1n) is 5.23. The van der Waals surface area contributed by atoms with Crippen LogP contribution in [-0.4, -0.2) is 42.3 Å². The Hall–Kier alpha value is -0.570. The number of hydrogen-bond donors (Lipinski definition) is 3. The maximum absolute atomic E-state index is 11.8. The summed E-state index contributed by atoms with van der Waals surface area (Å²) in [7, 11) is -3.58. The fourth-order valence-electron chi connectivity index (χ4n) is 1.29. The number of nitrogens with one attached hydrogen (secondary N) is 2. The SMILES string of the molecule is CSCCCCNS(=O)(=O)c1[nH]ncc1CO. The molecule has 0 aliphatic carbocycles. The Bertz CT molecular complexity index is 430. The first-order chi connectivity index (χ1) is 8.11. The highest BCUT2D eigenvalue weighted by Gasteiger charge is 2.19. The van der Waals surface area contributed by atoms with E-state index in [4.69, 9.17) is 5.11 Å². The van der Waals surface area contributed by atoms with Crippen LogP contribution < -0.4 is 4.72 Å². The molecule has 0 saturated carbocycles. The number of aliphatic hydroxyl groups is 1. The van der Waals surface area contributed by atoms with E-state index in [-0.39, 0.29) is 17.2 Å². The van der Waals surface area contributed by atoms with E-state index in [2.05, 4.69) is 14.9 Å². The summed E-state index contributed by atoms with van der Waals surface area (Å²) in [4.78, 5) is 0. The molecule has 0 unspecified atom stereocenters. The van der Waals surface area contributed by atoms with E-state index in [0.29, 0.717) is 6.54 Å². The van der Waals surface area contributed by atoms with Crippen LogP contribution in [0.4, 0.5) is 0 Å². The van der Waals surface area contributed by atoms with E-state index in [0.717, 1.165) is 18.6 Å². The first-order valence-corrected chi connectivity index (χ1v) is 8.11. The van der Waals surface area contributed by atoms with Gasteiger partial charge < -0.3 is 5.11 Å². The van der Waals surface area contributed by atoms with Crippen molar-refractivity contribution in [2.75, 3.05) is 18.6 Å². The van der Waals surface area contributed by atoms with Crippen LogP contribution in [0.2, 0.25) is 0 Å². The minimum absolute atomic E-state index is 0.0510. The van der Waals surface area contributed by atoms with Crippen molar-refractivity contribution < 1.29 is 13.5 Å². The summed E-state index contributed by atoms with van der Waals surface area (Å²) in [6.45, 7) is 0.0476. The Morgan fingerprint density at radius 3 is 2.94 bits per heavy atom. The number of thioether (sulfide) groups is 1. The molecule has 17 heavy (non-hydrogen) atoms. The minimum atomic E-state index is -3.58. The van der Waals surface area contributed by atoms with Crippen molar-refractivity contribution in [2.24, 2.45) is 0 Å². The Morgan fingerprint density at radius 1 is 1.53 bits per heavy atom. The van der Waals surface area contributed by atoms with E-state index >= 15 is 0 Å². The van der Waals surface area contributed by atoms with Crippen LogP contribution in [0.1, 0.15) is 18.4 Å². The summed E-state index contributed by atoms with van der Waals surface area (Å²) in [6.07, 6.45) is 5.09. The molecule has 0 aliphatic heterocycles. The summed E-state index contributed by atoms with van der Waals surface area (Å²) in [6, 6.07) is 0. The fraction of sp³-hybridized carbons (Fsp3) is 0.667. The number of aromatic nitrogens is 2. The highest BCUT2D eigenvalue weighted by Crippen LogP contribution is 2.11. The zero-order valence-corrected chi connectivity index (χ0v) is 11.3. The summed E-state index contributed by atoms with van der Waals surface area (Å²) in [5, 5.41) is 14.9. The molecule has 0 fully saturated rings. The third-order valence-electron chi connectivity index (χ3n) is 2.18. The van der Waals surface area contributed by atoms with E-state index in [9.17, 15) is 8.42 Å². The van der Waals surface area contributed by atoms with Crippen molar-refractivity contribution in [3.63, 3.8) is 0 Å². The average Bonchev–Trinajstić information content (AvgIpc) is 2.77. The number of hydrogen-bond acceptors (Lipinski definition) is 5. The van der Waals surface area contributed by atoms with Crippen LogP contribution in [0, 0.1) is 0 Å². The molecule has 1 heterocycles. The molecule has 0 spiro atoms. The van der Waals surface area contributed by atoms with Crippen molar-refractivity contribution in [3.05, 3.63) is 11.8 Å². The van der Waals surface area contributed by atoms with E-state index < -0.39 is 10.0 Å². The normalized spacial score (nSPS) is 11.9. The summed E-state index contributed by atoms with van der Waals surface area (Å²) in [5.41, 5.74) is 0.279. The summed E-state index contributed by atoms with van der Waals surface area (Å²) in [5.74, 6) is 1.02. The second-order valence-electron chi connectivity index (χ2n) is 3.48. The maximum atomic E-state index is 11.8. The first kappa shape index (κ1) is 14.5. The molecule has 98 valence electrons. The van der Waals surface area contributed by atoms with Gasteiger partial charge in [0.2, 0.25) is 0 Å². The standard InChI is InChI=1S/C9H17N3O3S2/c1-16-5-3-2-4-11-17(14,15)9-8(7-13)6-10-12-9/h6,11,13H,2-5,7H2,1H3,(H,10,12). The lowest BCUT2D eigenvalue weighted by molar-refractivity contribution is 0.278. The fourth-order valence-corrected chi connectivity index (χ4v) is 2.98. The molecule has 0 radical (unpaired) electrons. The lowest BCUT2D eigenvalue weighted by atomic mass is 10.3. The van der Waals surface area contributed by atoms with Gasteiger partial charge in [0.1, 0.15) is 0 Å². The number of aliphatic hydroxyl groups excluding tert-OH is 1. The van der Waals surface area contributed by atoms with Crippen molar-refractivity contribution in [3.8, 4) is 0 Å². The van der Waals surface area contributed by atoms with Gasteiger partial charge in [-0.05, 0) is 24.9 Å². The van der Waals surface area contributed by atoms with Gasteiger partial charge in [-0.3, -0.25) is 5.10 Å². The van der Waals surface area contributed by atoms with E-state index in [1.165, 1.54) is 6.20 Å². The zero-order chi connectivity index (χ0) is 12.7. The van der Waals surface area contributed by atoms with Gasteiger partial charge in [-0.2, -0.15) is 16.9 Å². The van der Waals surface area contributed by atoms with Crippen LogP contribution in [-0.2, 0) is 16.6 Å². The Labute approximate surface area is 105 Å². The lowest BCUT2D eigenvalue weighted by Crippen LogP contribution is -2.26. The molecule has 0 bridgehead atoms. The molecule has 0 amide bonds. The highest BCUT2D eigenvalue weighted by atomic mass is 32.2. The second-order valence-corrected chi connectivity index (χ2v) is 6.17. The minimum Gasteiger partial charge on any atom is -0.392 e. The third kappa shape index (κ3) is 4.30. The number of sulfonamides is 1. The molecule has 0 aliphatic rings. The summed E-state index contributed by atoms with van der Waals surface area (Å²) < 4.78 is 26.1. The van der Waals surface area contributed by atoms with E-state index in [1.54, 1.807) is 11.8 Å². The molecular formula is C9H17N3O3S2. The second kappa shape index (κ2) is 7.00. The number of aromatic amines is 1. The molecule has 0 atom stereocenters. The topological polar surface area (TPSA) is 95.1 Å². The van der Waals surface area contributed by atoms with Gasteiger partial charge in [0.25, 0.3) is 10.0 Å². The van der Waals surface area contributed by atoms with Gasteiger partial charge in [0.05, 0.1) is 12.8 Å². The predicted octanol–water partition coefficient (Wildman–Crippen LogP) is 0.323. The van der Waals surface area contributed by atoms with Crippen molar-refractivity contribution in [1.82, 2.24) is 14.9 Å². The van der Waals surface area contributed by atoms with Crippen LogP contribution in [0.3, 0.4) is 0 Å². The van der Waals surface area contributed by atoms with Gasteiger partial charge in [-0.1, -0.05) is 0 Å². The van der Waals surface area contributed by atoms with Crippen LogP contribution in [0.25, 0.3) is 0 Å². The summed E-state index contributed by atoms with van der Waals surface area (Å²) >= 11 is 1.74. The Balaban J connectivity index is 2.51. The molecule has 0 saturated heterocycles. The molecule has 0 aromatic carbocycles. The quantitative estimate of drug-likeness (QED) is 0.596. The number of unbranched alkanes of at least 4 members (excludes halogenated alkanes) is 1. The van der Waals surface area contributed by atoms with Gasteiger partial charge in [0, 0.05) is 12.1 Å². The van der Waals surface area contributed by atoms with Crippen molar-refractivity contribution >= 4 is 21.8 Å². The molecular weight excluding hydrogens is 262 g/mol. The van der Waals surface area contributed by atoms with Gasteiger partial charge >= 0.3 is 0 Å². The average molecular weight is 279 g/mol. The van der Waals surface area contributed by atoms with Gasteiger partial charge in [-0.15, -0.1) is 0 Å². The smallest absolute Gasteiger partial charge is 0.257 e. The predicted molar refractivity (Wildman–Crippen MR) is 67.3 cm³/mol. The van der Waals surface area contributed by atoms with Gasteiger partial charge in [-0.25, -0.2) is 13.1 Å². The molecule has 1 rings (SSSR count). The molecule has 3 N–H and O–H groups in total. The molecule has 1 aromatic heterocycles. The third-order valence-corrected chi connectivity index (χ3v) is 4.36. The monoisotopic (exact) mass is 279 g/mol. The number of H-pyrrole nitrogens is 1. The van der Waals surface area contributed by atoms with Crippen molar-refractivity contribution in [1.29, 1.82) is 0 Å². The molecule has 1 aromatic rings.